The Labute approximate surface area is 452 Å². The molecule has 0 aromatic carbocycles. The number of aliphatic carboxylic acids is 1. The summed E-state index contributed by atoms with van der Waals surface area (Å²) in [6.07, 6.45) is -35.1. The van der Waals surface area contributed by atoms with Crippen molar-refractivity contribution in [3.63, 3.8) is 0 Å². The molecule has 0 bridgehead atoms. The van der Waals surface area contributed by atoms with Crippen molar-refractivity contribution < 1.29 is 124 Å². The highest BCUT2D eigenvalue weighted by molar-refractivity contribution is 5.73. The fourth-order valence-electron chi connectivity index (χ4n) is 16.7. The molecule has 25 nitrogen and oxygen atoms in total. The van der Waals surface area contributed by atoms with E-state index in [1.807, 2.05) is 34.6 Å². The molecule has 9 rings (SSSR count). The van der Waals surface area contributed by atoms with Gasteiger partial charge in [-0.2, -0.15) is 0 Å². The van der Waals surface area contributed by atoms with Crippen molar-refractivity contribution in [2.24, 2.45) is 50.2 Å². The quantitative estimate of drug-likeness (QED) is 0.0656. The second-order valence-corrected chi connectivity index (χ2v) is 26.1. The van der Waals surface area contributed by atoms with E-state index < -0.39 is 211 Å². The fraction of sp³-hybridized carbons (Fsp3) is 0.943. The van der Waals surface area contributed by atoms with Crippen molar-refractivity contribution >= 4 is 5.97 Å². The first-order chi connectivity index (χ1) is 36.3. The SMILES string of the molecule is C[C@@H]1O[C@H](O[C@@H]2[C@H](O)C(C)(C)CC3C4=CCC5[C@@]6(C)CC[C@H](O[C@H]7O[C@H](C(=O)O)[C@@H](O)[C@H](O[C@H]8O[C@H](CO)[C@@H](O)[C@@H]8O)[C@H]7O[C@@H]7O[C@H](CO)[C@H](O)[C@H](O)[C@H]7O)C(C)(C)C6CC[C@@]5(C)[C@]4(C)[C@H](O)[C@H](O)[C@]32CO)[C@@H](O)[C@H](O)[C@H]1O. The zero-order valence-corrected chi connectivity index (χ0v) is 45.4. The third kappa shape index (κ3) is 9.02. The van der Waals surface area contributed by atoms with Gasteiger partial charge in [-0.15, -0.1) is 0 Å². The number of carboxylic acid groups (broad SMARTS) is 1. The van der Waals surface area contributed by atoms with Crippen molar-refractivity contribution in [1.82, 2.24) is 0 Å². The van der Waals surface area contributed by atoms with Crippen LogP contribution in [0.15, 0.2) is 11.6 Å². The molecule has 4 aliphatic heterocycles. The molecule has 0 spiro atoms. The normalized spacial score (nSPS) is 55.7. The molecule has 16 N–H and O–H groups in total. The van der Waals surface area contributed by atoms with E-state index in [0.717, 1.165) is 5.57 Å². The zero-order valence-electron chi connectivity index (χ0n) is 45.4. The summed E-state index contributed by atoms with van der Waals surface area (Å²) < 4.78 is 48.6. The van der Waals surface area contributed by atoms with Gasteiger partial charge >= 0.3 is 5.97 Å². The summed E-state index contributed by atoms with van der Waals surface area (Å²) in [4.78, 5) is 12.9. The first kappa shape index (κ1) is 60.9. The summed E-state index contributed by atoms with van der Waals surface area (Å²) in [6.45, 7) is 13.1. The summed E-state index contributed by atoms with van der Waals surface area (Å²) in [6, 6.07) is 0. The van der Waals surface area contributed by atoms with E-state index in [9.17, 15) is 86.5 Å². The van der Waals surface area contributed by atoms with Crippen molar-refractivity contribution in [3.8, 4) is 0 Å². The van der Waals surface area contributed by atoms with Crippen LogP contribution in [0.1, 0.15) is 93.9 Å². The maximum Gasteiger partial charge on any atom is 0.335 e. The monoisotopic (exact) mass is 1120 g/mol. The molecule has 31 atom stereocenters. The summed E-state index contributed by atoms with van der Waals surface area (Å²) in [5.41, 5.74) is -5.08. The summed E-state index contributed by atoms with van der Waals surface area (Å²) in [7, 11) is 0. The minimum atomic E-state index is -2.13. The molecule has 8 fully saturated rings. The molecule has 9 aliphatic rings. The number of rotatable bonds is 12. The molecule has 5 aliphatic carbocycles. The summed E-state index contributed by atoms with van der Waals surface area (Å²) >= 11 is 0. The minimum Gasteiger partial charge on any atom is -0.479 e. The standard InChI is InChI=1S/C53H86O25/c1-19-27(57)30(60)33(63)44(71-19)78-42-41(68)48(2,3)15-21-20-9-10-25-50(6)13-12-26(49(4,5)24(50)11-14-51(25,7)52(20,8)39(66)40(67)53(21,42)18-56)74-47-38(77-46-34(64)31(61)28(58)22(16-54)72-46)36(35(65)37(76-47)43(69)70)75-45-32(62)29(59)23(17-55)73-45/h9,19,21-42,44-47,54-68H,10-18H2,1-8H3,(H,69,70)/t19-,21?,22+,23+,24?,25?,26-,27-,28-,29+,30+,31-,32-,33-,34+,35-,36-,37-,38+,39+,40-,41-,42+,44+,45+,46-,47-,50-,51+,52-,53-/m0/s1. The van der Waals surface area contributed by atoms with Gasteiger partial charge in [0.1, 0.15) is 79.4 Å². The van der Waals surface area contributed by atoms with E-state index in [0.29, 0.717) is 32.1 Å². The third-order valence-electron chi connectivity index (χ3n) is 21.5. The lowest BCUT2D eigenvalue weighted by Crippen LogP contribution is -2.76. The number of allylic oxidation sites excluding steroid dienone is 1. The number of hydrogen-bond donors (Lipinski definition) is 16. The largest absolute Gasteiger partial charge is 0.479 e. The Morgan fingerprint density at radius 1 is 0.590 bits per heavy atom. The van der Waals surface area contributed by atoms with Gasteiger partial charge in [-0.3, -0.25) is 0 Å². The average Bonchev–Trinajstić information content (AvgIpc) is 3.38. The van der Waals surface area contributed by atoms with Crippen LogP contribution in [0.4, 0.5) is 0 Å². The number of carboxylic acids is 1. The van der Waals surface area contributed by atoms with Crippen LogP contribution in [-0.2, 0) is 42.7 Å². The predicted octanol–water partition coefficient (Wildman–Crippen LogP) is -3.92. The average molecular weight is 1120 g/mol. The molecule has 0 aromatic rings. The topological polar surface area (TPSA) is 415 Å². The van der Waals surface area contributed by atoms with Gasteiger partial charge < -0.3 is 120 Å². The Morgan fingerprint density at radius 3 is 1.72 bits per heavy atom. The van der Waals surface area contributed by atoms with Crippen LogP contribution in [0.5, 0.6) is 0 Å². The van der Waals surface area contributed by atoms with Gasteiger partial charge in [0.2, 0.25) is 0 Å². The lowest BCUT2D eigenvalue weighted by Gasteiger charge is -2.73. The van der Waals surface area contributed by atoms with Crippen molar-refractivity contribution in [2.75, 3.05) is 19.8 Å². The molecule has 0 amide bonds. The lowest BCUT2D eigenvalue weighted by atomic mass is 9.32. The summed E-state index contributed by atoms with van der Waals surface area (Å²) in [5, 5.41) is 178. The maximum absolute atomic E-state index is 12.9. The van der Waals surface area contributed by atoms with Gasteiger partial charge in [0, 0.05) is 5.41 Å². The molecule has 4 heterocycles. The molecule has 4 saturated heterocycles. The Bertz CT molecular complexity index is 2180. The smallest absolute Gasteiger partial charge is 0.335 e. The van der Waals surface area contributed by atoms with Gasteiger partial charge in [0.05, 0.1) is 61.9 Å². The molecule has 0 radical (unpaired) electrons. The second kappa shape index (κ2) is 21.4. The van der Waals surface area contributed by atoms with Crippen LogP contribution in [0.2, 0.25) is 0 Å². The first-order valence-corrected chi connectivity index (χ1v) is 27.5. The first-order valence-electron chi connectivity index (χ1n) is 27.5. The number of aliphatic hydroxyl groups is 15. The van der Waals surface area contributed by atoms with E-state index in [2.05, 4.69) is 19.9 Å². The van der Waals surface area contributed by atoms with E-state index in [4.69, 9.17) is 37.9 Å². The van der Waals surface area contributed by atoms with Crippen LogP contribution >= 0.6 is 0 Å². The molecule has 25 heteroatoms. The maximum atomic E-state index is 12.9. The number of fused-ring (bicyclic) bond motifs is 7. The van der Waals surface area contributed by atoms with Crippen LogP contribution in [0.25, 0.3) is 0 Å². The number of hydrogen-bond acceptors (Lipinski definition) is 24. The summed E-state index contributed by atoms with van der Waals surface area (Å²) in [5.74, 6) is -2.68. The molecular formula is C53H86O25. The molecule has 78 heavy (non-hydrogen) atoms. The molecule has 0 aromatic heterocycles. The Hall–Kier alpha value is -1.71. The number of carbonyl (C=O) groups is 1. The van der Waals surface area contributed by atoms with Crippen LogP contribution in [0, 0.1) is 50.2 Å². The van der Waals surface area contributed by atoms with E-state index in [1.54, 1.807) is 0 Å². The Kier molecular flexibility index (Phi) is 16.7. The minimum absolute atomic E-state index is 0.163. The highest BCUT2D eigenvalue weighted by Gasteiger charge is 2.76. The third-order valence-corrected chi connectivity index (χ3v) is 21.5. The fourth-order valence-corrected chi connectivity index (χ4v) is 16.7. The second-order valence-electron chi connectivity index (χ2n) is 26.1. The van der Waals surface area contributed by atoms with E-state index in [-0.39, 0.29) is 18.3 Å². The van der Waals surface area contributed by atoms with Crippen molar-refractivity contribution in [2.45, 2.75) is 241 Å². The lowest BCUT2D eigenvalue weighted by molar-refractivity contribution is -0.386. The van der Waals surface area contributed by atoms with Crippen molar-refractivity contribution in [1.29, 1.82) is 0 Å². The van der Waals surface area contributed by atoms with Crippen molar-refractivity contribution in [3.05, 3.63) is 11.6 Å². The number of aliphatic hydroxyl groups excluding tert-OH is 15. The highest BCUT2D eigenvalue weighted by Crippen LogP contribution is 2.76. The van der Waals surface area contributed by atoms with E-state index in [1.165, 1.54) is 6.92 Å². The van der Waals surface area contributed by atoms with Crippen LogP contribution < -0.4 is 0 Å². The van der Waals surface area contributed by atoms with Crippen LogP contribution in [0.3, 0.4) is 0 Å². The van der Waals surface area contributed by atoms with Gasteiger partial charge in [-0.1, -0.05) is 60.1 Å². The zero-order chi connectivity index (χ0) is 57.5. The molecule has 4 saturated carbocycles. The number of ether oxygens (including phenoxy) is 8. The highest BCUT2D eigenvalue weighted by atomic mass is 16.8. The van der Waals surface area contributed by atoms with Gasteiger partial charge in [-0.05, 0) is 84.9 Å². The Balaban J connectivity index is 1.03. The molecule has 448 valence electrons. The molecule has 3 unspecified atom stereocenters. The molecular weight excluding hydrogens is 1040 g/mol. The van der Waals surface area contributed by atoms with E-state index >= 15 is 0 Å². The van der Waals surface area contributed by atoms with Gasteiger partial charge in [0.25, 0.3) is 0 Å². The Morgan fingerprint density at radius 2 is 1.14 bits per heavy atom. The van der Waals surface area contributed by atoms with Gasteiger partial charge in [0.15, 0.2) is 31.3 Å². The van der Waals surface area contributed by atoms with Crippen LogP contribution in [-0.4, -0.2) is 255 Å². The van der Waals surface area contributed by atoms with Gasteiger partial charge in [-0.25, -0.2) is 4.79 Å². The predicted molar refractivity (Wildman–Crippen MR) is 261 cm³/mol.